The van der Waals surface area contributed by atoms with Crippen LogP contribution in [0.4, 0.5) is 5.69 Å². The van der Waals surface area contributed by atoms with Crippen molar-refractivity contribution in [2.75, 3.05) is 5.73 Å². The second kappa shape index (κ2) is 5.88. The third-order valence-electron chi connectivity index (χ3n) is 2.89. The molecule has 0 aliphatic carbocycles. The van der Waals surface area contributed by atoms with E-state index in [4.69, 9.17) is 5.73 Å². The van der Waals surface area contributed by atoms with Gasteiger partial charge in [0.05, 0.1) is 0 Å². The molecule has 0 unspecified atom stereocenters. The van der Waals surface area contributed by atoms with Crippen molar-refractivity contribution in [3.63, 3.8) is 0 Å². The van der Waals surface area contributed by atoms with Crippen molar-refractivity contribution in [1.29, 1.82) is 0 Å². The lowest BCUT2D eigenvalue weighted by molar-refractivity contribution is 0.549. The van der Waals surface area contributed by atoms with Gasteiger partial charge in [0.2, 0.25) is 0 Å². The smallest absolute Gasteiger partial charge is 0.331 e. The number of aryl methyl sites for hydroxylation is 2. The maximum Gasteiger partial charge on any atom is 0.331 e. The van der Waals surface area contributed by atoms with Crippen molar-refractivity contribution in [3.05, 3.63) is 49.4 Å². The zero-order chi connectivity index (χ0) is 13.8. The molecule has 2 N–H and O–H groups in total. The first kappa shape index (κ1) is 13.6. The summed E-state index contributed by atoms with van der Waals surface area (Å²) in [5, 5.41) is 1.98. The predicted molar refractivity (Wildman–Crippen MR) is 77.7 cm³/mol. The number of hydrogen-bond donors (Lipinski definition) is 1. The van der Waals surface area contributed by atoms with Gasteiger partial charge in [-0.2, -0.15) is 0 Å². The third kappa shape index (κ3) is 2.96. The molecule has 19 heavy (non-hydrogen) atoms. The van der Waals surface area contributed by atoms with Gasteiger partial charge in [-0.05, 0) is 24.3 Å². The summed E-state index contributed by atoms with van der Waals surface area (Å²) in [7, 11) is 0. The van der Waals surface area contributed by atoms with Gasteiger partial charge in [-0.25, -0.2) is 4.79 Å². The minimum absolute atomic E-state index is 0.124. The minimum Gasteiger partial charge on any atom is -0.393 e. The monoisotopic (exact) mass is 279 g/mol. The minimum atomic E-state index is -0.395. The van der Waals surface area contributed by atoms with Crippen molar-refractivity contribution >= 4 is 17.0 Å². The summed E-state index contributed by atoms with van der Waals surface area (Å²) in [6.07, 6.45) is 2.93. The number of thiophene rings is 1. The van der Waals surface area contributed by atoms with Crippen LogP contribution in [0.2, 0.25) is 0 Å². The summed E-state index contributed by atoms with van der Waals surface area (Å²) in [6.45, 7) is 2.92. The number of nitrogens with two attached hydrogens (primary N) is 1. The Kier molecular flexibility index (Phi) is 4.21. The van der Waals surface area contributed by atoms with Gasteiger partial charge >= 0.3 is 5.69 Å². The highest BCUT2D eigenvalue weighted by Crippen LogP contribution is 2.09. The largest absolute Gasteiger partial charge is 0.393 e. The first-order chi connectivity index (χ1) is 9.13. The Balaban J connectivity index is 2.33. The fraction of sp³-hybridized carbons (Fsp3) is 0.385. The fourth-order valence-corrected chi connectivity index (χ4v) is 2.65. The summed E-state index contributed by atoms with van der Waals surface area (Å²) in [5.74, 6) is 0. The van der Waals surface area contributed by atoms with Crippen LogP contribution in [0.15, 0.2) is 33.3 Å². The summed E-state index contributed by atoms with van der Waals surface area (Å²) >= 11 is 1.62. The molecule has 2 aromatic heterocycles. The second-order valence-electron chi connectivity index (χ2n) is 4.35. The van der Waals surface area contributed by atoms with E-state index in [2.05, 4.69) is 0 Å². The number of rotatable bonds is 5. The third-order valence-corrected chi connectivity index (χ3v) is 3.83. The molecule has 0 atom stereocenters. The van der Waals surface area contributed by atoms with Crippen LogP contribution >= 0.6 is 11.3 Å². The first-order valence-electron chi connectivity index (χ1n) is 6.25. The molecule has 2 rings (SSSR count). The maximum atomic E-state index is 12.2. The van der Waals surface area contributed by atoms with E-state index < -0.39 is 5.56 Å². The quantitative estimate of drug-likeness (QED) is 0.897. The van der Waals surface area contributed by atoms with Crippen LogP contribution in [-0.4, -0.2) is 9.13 Å². The van der Waals surface area contributed by atoms with Gasteiger partial charge in [0, 0.05) is 24.2 Å². The van der Waals surface area contributed by atoms with Crippen LogP contribution in [0.25, 0.3) is 0 Å². The number of nitrogens with zero attached hydrogens (tertiary/aromatic N) is 2. The van der Waals surface area contributed by atoms with Crippen LogP contribution in [0.1, 0.15) is 18.2 Å². The molecular weight excluding hydrogens is 262 g/mol. The number of aromatic nitrogens is 2. The SMILES string of the molecule is CCCn1cc(N)c(=O)n(CCc2cccs2)c1=O. The molecule has 102 valence electrons. The molecule has 0 bridgehead atoms. The van der Waals surface area contributed by atoms with E-state index in [9.17, 15) is 9.59 Å². The highest BCUT2D eigenvalue weighted by Gasteiger charge is 2.09. The van der Waals surface area contributed by atoms with E-state index in [-0.39, 0.29) is 11.4 Å². The van der Waals surface area contributed by atoms with Crippen molar-refractivity contribution in [1.82, 2.24) is 9.13 Å². The number of hydrogen-bond acceptors (Lipinski definition) is 4. The average Bonchev–Trinajstić information content (AvgIpc) is 2.89. The standard InChI is InChI=1S/C13H17N3O2S/c1-2-6-15-9-11(14)12(17)16(13(15)18)7-5-10-4-3-8-19-10/h3-4,8-9H,2,5-7,14H2,1H3. The Morgan fingerprint density at radius 2 is 2.11 bits per heavy atom. The Labute approximate surface area is 114 Å². The van der Waals surface area contributed by atoms with Gasteiger partial charge in [0.1, 0.15) is 5.69 Å². The molecule has 0 fully saturated rings. The van der Waals surface area contributed by atoms with Crippen molar-refractivity contribution in [2.24, 2.45) is 0 Å². The molecule has 0 saturated heterocycles. The maximum absolute atomic E-state index is 12.2. The first-order valence-corrected chi connectivity index (χ1v) is 7.13. The normalized spacial score (nSPS) is 10.8. The molecule has 0 aliphatic rings. The fourth-order valence-electron chi connectivity index (χ4n) is 1.95. The van der Waals surface area contributed by atoms with E-state index in [1.54, 1.807) is 11.3 Å². The van der Waals surface area contributed by atoms with Gasteiger partial charge in [0.15, 0.2) is 0 Å². The highest BCUT2D eigenvalue weighted by molar-refractivity contribution is 7.09. The van der Waals surface area contributed by atoms with Gasteiger partial charge in [-0.1, -0.05) is 13.0 Å². The lowest BCUT2D eigenvalue weighted by Gasteiger charge is -2.10. The van der Waals surface area contributed by atoms with E-state index in [0.717, 1.165) is 11.3 Å². The summed E-state index contributed by atoms with van der Waals surface area (Å²) < 4.78 is 2.73. The van der Waals surface area contributed by atoms with Crippen LogP contribution < -0.4 is 17.0 Å². The lowest BCUT2D eigenvalue weighted by atomic mass is 10.3. The second-order valence-corrected chi connectivity index (χ2v) is 5.38. The summed E-state index contributed by atoms with van der Waals surface area (Å²) in [6, 6.07) is 3.95. The Bertz CT molecular complexity index is 656. The van der Waals surface area contributed by atoms with E-state index >= 15 is 0 Å². The van der Waals surface area contributed by atoms with Gasteiger partial charge < -0.3 is 5.73 Å². The van der Waals surface area contributed by atoms with Gasteiger partial charge in [0.25, 0.3) is 5.56 Å². The van der Waals surface area contributed by atoms with Gasteiger partial charge in [-0.15, -0.1) is 11.3 Å². The molecule has 0 radical (unpaired) electrons. The van der Waals surface area contributed by atoms with Crippen LogP contribution in [-0.2, 0) is 19.5 Å². The Morgan fingerprint density at radius 1 is 1.32 bits per heavy atom. The van der Waals surface area contributed by atoms with E-state index in [1.165, 1.54) is 15.3 Å². The van der Waals surface area contributed by atoms with E-state index in [0.29, 0.717) is 19.5 Å². The molecule has 0 aliphatic heterocycles. The zero-order valence-corrected chi connectivity index (χ0v) is 11.7. The highest BCUT2D eigenvalue weighted by atomic mass is 32.1. The van der Waals surface area contributed by atoms with E-state index in [1.807, 2.05) is 24.4 Å². The lowest BCUT2D eigenvalue weighted by Crippen LogP contribution is -2.41. The average molecular weight is 279 g/mol. The molecule has 0 saturated carbocycles. The molecule has 0 amide bonds. The number of nitrogen functional groups attached to an aromatic ring is 1. The molecule has 0 spiro atoms. The molecule has 6 heteroatoms. The summed E-state index contributed by atoms with van der Waals surface area (Å²) in [5.41, 5.74) is 5.13. The van der Waals surface area contributed by atoms with Crippen LogP contribution in [0.3, 0.4) is 0 Å². The predicted octanol–water partition coefficient (Wildman–Crippen LogP) is 1.31. The Morgan fingerprint density at radius 3 is 2.74 bits per heavy atom. The van der Waals surface area contributed by atoms with Crippen molar-refractivity contribution in [3.8, 4) is 0 Å². The topological polar surface area (TPSA) is 70.0 Å². The molecule has 5 nitrogen and oxygen atoms in total. The molecule has 0 aromatic carbocycles. The molecule has 2 aromatic rings. The summed E-state index contributed by atoms with van der Waals surface area (Å²) in [4.78, 5) is 25.2. The van der Waals surface area contributed by atoms with Gasteiger partial charge in [-0.3, -0.25) is 13.9 Å². The molecular formula is C13H17N3O2S. The van der Waals surface area contributed by atoms with Crippen LogP contribution in [0.5, 0.6) is 0 Å². The Hall–Kier alpha value is -1.82. The molecule has 2 heterocycles. The number of anilines is 1. The van der Waals surface area contributed by atoms with Crippen LogP contribution in [0, 0.1) is 0 Å². The van der Waals surface area contributed by atoms with Crippen molar-refractivity contribution < 1.29 is 0 Å². The zero-order valence-electron chi connectivity index (χ0n) is 10.8. The van der Waals surface area contributed by atoms with Crippen molar-refractivity contribution in [2.45, 2.75) is 32.9 Å².